The van der Waals surface area contributed by atoms with Gasteiger partial charge in [-0.05, 0) is 107 Å². The second kappa shape index (κ2) is 8.24. The van der Waals surface area contributed by atoms with Crippen molar-refractivity contribution in [3.05, 3.63) is 106 Å². The zero-order chi connectivity index (χ0) is 23.5. The quantitative estimate of drug-likeness (QED) is 0.398. The van der Waals surface area contributed by atoms with E-state index in [4.69, 9.17) is 9.47 Å². The summed E-state index contributed by atoms with van der Waals surface area (Å²) in [7, 11) is 1.82. The molecule has 1 saturated carbocycles. The summed E-state index contributed by atoms with van der Waals surface area (Å²) in [6.07, 6.45) is 6.10. The summed E-state index contributed by atoms with van der Waals surface area (Å²) >= 11 is 0. The molecular weight excluding hydrogens is 428 g/mol. The zero-order valence-corrected chi connectivity index (χ0v) is 20.6. The van der Waals surface area contributed by atoms with Gasteiger partial charge < -0.3 is 9.47 Å². The van der Waals surface area contributed by atoms with Gasteiger partial charge in [0.15, 0.2) is 0 Å². The predicted molar refractivity (Wildman–Crippen MR) is 142 cm³/mol. The molecule has 0 spiro atoms. The SMILES string of the molecule is COc1cccc2c1/C(=C1/c3c(C)cccc3CC[C@@H]1OCc1ccccc1)C1=C2[C@@H]2CC[C@H]1C2. The Morgan fingerprint density at radius 2 is 1.57 bits per heavy atom. The molecule has 176 valence electrons. The van der Waals surface area contributed by atoms with Crippen LogP contribution in [0.15, 0.2) is 72.3 Å². The minimum atomic E-state index is 0.0718. The van der Waals surface area contributed by atoms with Crippen molar-refractivity contribution < 1.29 is 9.47 Å². The zero-order valence-electron chi connectivity index (χ0n) is 20.6. The lowest BCUT2D eigenvalue weighted by atomic mass is 9.76. The Balaban J connectivity index is 1.48. The van der Waals surface area contributed by atoms with Crippen molar-refractivity contribution in [3.63, 3.8) is 0 Å². The molecule has 0 unspecified atom stereocenters. The van der Waals surface area contributed by atoms with Gasteiger partial charge in [-0.25, -0.2) is 0 Å². The fourth-order valence-corrected chi connectivity index (χ4v) is 7.39. The van der Waals surface area contributed by atoms with Crippen LogP contribution >= 0.6 is 0 Å². The van der Waals surface area contributed by atoms with Gasteiger partial charge in [-0.2, -0.15) is 0 Å². The number of aryl methyl sites for hydroxylation is 2. The van der Waals surface area contributed by atoms with Gasteiger partial charge in [-0.15, -0.1) is 0 Å². The van der Waals surface area contributed by atoms with Gasteiger partial charge in [0.1, 0.15) is 5.75 Å². The fraction of sp³-hybridized carbons (Fsp3) is 0.333. The van der Waals surface area contributed by atoms with Crippen molar-refractivity contribution in [3.8, 4) is 5.75 Å². The van der Waals surface area contributed by atoms with Crippen LogP contribution in [0.5, 0.6) is 5.75 Å². The summed E-state index contributed by atoms with van der Waals surface area (Å²) in [5.74, 6) is 2.36. The van der Waals surface area contributed by atoms with Gasteiger partial charge in [-0.3, -0.25) is 0 Å². The van der Waals surface area contributed by atoms with Crippen molar-refractivity contribution >= 4 is 16.7 Å². The largest absolute Gasteiger partial charge is 0.496 e. The standard InChI is InChI=1S/C33H32O2/c1-20-8-6-11-22-16-17-27(35-19-21-9-4-3-5-10-21)32(28(20)22)33-30-24-15-14-23(18-24)29(30)25-12-7-13-26(34-2)31(25)33/h3-13,23-24,27H,14-19H2,1-2H3/b33-32+/t23-,24+,27+/m1/s1. The topological polar surface area (TPSA) is 18.5 Å². The third-order valence-electron chi connectivity index (χ3n) is 8.78. The average molecular weight is 461 g/mol. The Kier molecular flexibility index (Phi) is 4.99. The van der Waals surface area contributed by atoms with Crippen LogP contribution in [0.4, 0.5) is 0 Å². The lowest BCUT2D eigenvalue weighted by Crippen LogP contribution is -2.24. The summed E-state index contributed by atoms with van der Waals surface area (Å²) in [6, 6.07) is 24.1. The smallest absolute Gasteiger partial charge is 0.127 e. The molecule has 3 aromatic rings. The maximum atomic E-state index is 6.80. The maximum absolute atomic E-state index is 6.80. The van der Waals surface area contributed by atoms with Crippen molar-refractivity contribution in [1.82, 2.24) is 0 Å². The van der Waals surface area contributed by atoms with E-state index in [1.807, 2.05) is 7.11 Å². The van der Waals surface area contributed by atoms with E-state index in [-0.39, 0.29) is 6.10 Å². The van der Waals surface area contributed by atoms with E-state index < -0.39 is 0 Å². The number of ether oxygens (including phenoxy) is 2. The molecule has 0 aliphatic heterocycles. The maximum Gasteiger partial charge on any atom is 0.127 e. The number of benzene rings is 3. The van der Waals surface area contributed by atoms with Crippen molar-refractivity contribution in [2.75, 3.05) is 7.11 Å². The number of rotatable bonds is 4. The van der Waals surface area contributed by atoms with Crippen LogP contribution in [0.3, 0.4) is 0 Å². The highest BCUT2D eigenvalue weighted by Gasteiger charge is 2.48. The monoisotopic (exact) mass is 460 g/mol. The number of methoxy groups -OCH3 is 1. The Morgan fingerprint density at radius 3 is 2.40 bits per heavy atom. The van der Waals surface area contributed by atoms with Gasteiger partial charge in [0.2, 0.25) is 0 Å². The molecule has 0 amide bonds. The first-order chi connectivity index (χ1) is 17.2. The van der Waals surface area contributed by atoms with E-state index in [1.165, 1.54) is 63.8 Å². The molecule has 0 aromatic heterocycles. The third-order valence-corrected chi connectivity index (χ3v) is 8.78. The Bertz CT molecular complexity index is 1380. The van der Waals surface area contributed by atoms with Gasteiger partial charge in [0, 0.05) is 5.56 Å². The Morgan fingerprint density at radius 1 is 0.771 bits per heavy atom. The van der Waals surface area contributed by atoms with Crippen LogP contribution in [0.2, 0.25) is 0 Å². The van der Waals surface area contributed by atoms with Crippen LogP contribution in [0, 0.1) is 18.8 Å². The molecule has 35 heavy (non-hydrogen) atoms. The normalized spacial score (nSPS) is 26.1. The van der Waals surface area contributed by atoms with Crippen LogP contribution in [-0.4, -0.2) is 13.2 Å². The fourth-order valence-electron chi connectivity index (χ4n) is 7.39. The Labute approximate surface area is 208 Å². The van der Waals surface area contributed by atoms with Gasteiger partial charge in [-0.1, -0.05) is 60.7 Å². The van der Waals surface area contributed by atoms with Gasteiger partial charge >= 0.3 is 0 Å². The summed E-state index contributed by atoms with van der Waals surface area (Å²) in [5, 5.41) is 0. The molecule has 0 radical (unpaired) electrons. The minimum absolute atomic E-state index is 0.0718. The van der Waals surface area contributed by atoms with Crippen LogP contribution in [0.25, 0.3) is 16.7 Å². The second-order valence-electron chi connectivity index (χ2n) is 10.6. The molecule has 3 aromatic carbocycles. The lowest BCUT2D eigenvalue weighted by Gasteiger charge is -2.33. The number of hydrogen-bond acceptors (Lipinski definition) is 2. The molecule has 3 atom stereocenters. The molecule has 0 N–H and O–H groups in total. The van der Waals surface area contributed by atoms with Crippen LogP contribution in [0.1, 0.15) is 59.1 Å². The number of allylic oxidation sites excluding steroid dienone is 3. The average Bonchev–Trinajstić information content (AvgIpc) is 3.60. The molecule has 2 heteroatoms. The van der Waals surface area contributed by atoms with Crippen LogP contribution in [-0.2, 0) is 17.8 Å². The summed E-state index contributed by atoms with van der Waals surface area (Å²) in [6.45, 7) is 2.91. The first-order valence-electron chi connectivity index (χ1n) is 13.1. The van der Waals surface area contributed by atoms with Crippen molar-refractivity contribution in [2.24, 2.45) is 11.8 Å². The van der Waals surface area contributed by atoms with Crippen molar-refractivity contribution in [1.29, 1.82) is 0 Å². The molecule has 1 fully saturated rings. The van der Waals surface area contributed by atoms with E-state index in [0.717, 1.165) is 18.6 Å². The number of hydrogen-bond donors (Lipinski definition) is 0. The predicted octanol–water partition coefficient (Wildman–Crippen LogP) is 7.64. The number of fused-ring (bicyclic) bond motifs is 7. The first kappa shape index (κ1) is 21.2. The second-order valence-corrected chi connectivity index (χ2v) is 10.6. The minimum Gasteiger partial charge on any atom is -0.496 e. The van der Waals surface area contributed by atoms with Gasteiger partial charge in [0.25, 0.3) is 0 Å². The summed E-state index contributed by atoms with van der Waals surface area (Å²) in [5.41, 5.74) is 14.3. The van der Waals surface area contributed by atoms with E-state index in [0.29, 0.717) is 18.4 Å². The molecule has 2 bridgehead atoms. The molecular formula is C33H32O2. The van der Waals surface area contributed by atoms with Crippen molar-refractivity contribution in [2.45, 2.75) is 51.7 Å². The molecule has 7 rings (SSSR count). The van der Waals surface area contributed by atoms with E-state index in [9.17, 15) is 0 Å². The molecule has 2 nitrogen and oxygen atoms in total. The third kappa shape index (κ3) is 3.19. The van der Waals surface area contributed by atoms with E-state index in [2.05, 4.69) is 73.7 Å². The highest BCUT2D eigenvalue weighted by Crippen LogP contribution is 2.64. The molecule has 0 heterocycles. The lowest BCUT2D eigenvalue weighted by molar-refractivity contribution is 0.0714. The highest BCUT2D eigenvalue weighted by molar-refractivity contribution is 6.13. The first-order valence-corrected chi connectivity index (χ1v) is 13.1. The molecule has 4 aliphatic carbocycles. The molecule has 4 aliphatic rings. The summed E-state index contributed by atoms with van der Waals surface area (Å²) < 4.78 is 12.8. The van der Waals surface area contributed by atoms with Crippen LogP contribution < -0.4 is 4.74 Å². The highest BCUT2D eigenvalue weighted by atomic mass is 16.5. The summed E-state index contributed by atoms with van der Waals surface area (Å²) in [4.78, 5) is 0. The van der Waals surface area contributed by atoms with E-state index in [1.54, 1.807) is 11.1 Å². The Hall–Kier alpha value is -3.10. The van der Waals surface area contributed by atoms with Gasteiger partial charge in [0.05, 0.1) is 19.8 Å². The molecule has 0 saturated heterocycles. The van der Waals surface area contributed by atoms with E-state index >= 15 is 0 Å².